The van der Waals surface area contributed by atoms with E-state index in [1.807, 2.05) is 42.5 Å². The number of amides is 1. The molecule has 0 bridgehead atoms. The van der Waals surface area contributed by atoms with E-state index in [0.29, 0.717) is 26.2 Å². The minimum Gasteiger partial charge on any atom is -0.493 e. The third-order valence-electron chi connectivity index (χ3n) is 3.92. The van der Waals surface area contributed by atoms with Crippen molar-refractivity contribution >= 4 is 5.91 Å². The van der Waals surface area contributed by atoms with Crippen LogP contribution in [0.3, 0.4) is 0 Å². The molecule has 0 unspecified atom stereocenters. The molecule has 0 saturated carbocycles. The zero-order valence-electron chi connectivity index (χ0n) is 13.0. The van der Waals surface area contributed by atoms with Crippen LogP contribution in [-0.2, 0) is 16.0 Å². The van der Waals surface area contributed by atoms with Gasteiger partial charge in [0.25, 0.3) is 0 Å². The number of fused-ring (bicyclic) bond motifs is 1. The van der Waals surface area contributed by atoms with E-state index in [1.165, 1.54) is 11.1 Å². The maximum Gasteiger partial charge on any atom is 0.223 e. The smallest absolute Gasteiger partial charge is 0.223 e. The third-order valence-corrected chi connectivity index (χ3v) is 3.92. The van der Waals surface area contributed by atoms with Crippen molar-refractivity contribution in [2.75, 3.05) is 19.8 Å². The van der Waals surface area contributed by atoms with Gasteiger partial charge in [0.15, 0.2) is 0 Å². The first-order chi connectivity index (χ1) is 11.3. The molecule has 1 N–H and O–H groups in total. The Bertz CT molecular complexity index is 642. The van der Waals surface area contributed by atoms with Gasteiger partial charge in [-0.05, 0) is 29.7 Å². The second-order valence-corrected chi connectivity index (χ2v) is 5.52. The highest BCUT2D eigenvalue weighted by molar-refractivity contribution is 5.76. The van der Waals surface area contributed by atoms with Gasteiger partial charge in [-0.2, -0.15) is 0 Å². The second kappa shape index (κ2) is 7.79. The maximum atomic E-state index is 11.9. The number of carbonyl (C=O) groups excluding carboxylic acids is 1. The summed E-state index contributed by atoms with van der Waals surface area (Å²) in [4.78, 5) is 11.9. The van der Waals surface area contributed by atoms with Crippen molar-refractivity contribution in [1.82, 2.24) is 5.32 Å². The molecule has 0 fully saturated rings. The molecule has 1 atom stereocenters. The number of carbonyl (C=O) groups is 1. The van der Waals surface area contributed by atoms with Crippen LogP contribution < -0.4 is 10.1 Å². The molecule has 0 spiro atoms. The molecular formula is C19H21NO3. The van der Waals surface area contributed by atoms with E-state index in [0.717, 1.165) is 12.2 Å². The van der Waals surface area contributed by atoms with Gasteiger partial charge in [-0.3, -0.25) is 4.79 Å². The Hall–Kier alpha value is -2.33. The molecular weight excluding hydrogens is 290 g/mol. The van der Waals surface area contributed by atoms with E-state index in [-0.39, 0.29) is 12.0 Å². The highest BCUT2D eigenvalue weighted by Gasteiger charge is 2.20. The molecule has 2 aromatic carbocycles. The zero-order chi connectivity index (χ0) is 15.9. The van der Waals surface area contributed by atoms with Crippen molar-refractivity contribution in [3.8, 4) is 5.75 Å². The van der Waals surface area contributed by atoms with Gasteiger partial charge in [-0.25, -0.2) is 0 Å². The van der Waals surface area contributed by atoms with Gasteiger partial charge in [-0.1, -0.05) is 42.5 Å². The summed E-state index contributed by atoms with van der Waals surface area (Å²) in [6.45, 7) is 1.58. The van der Waals surface area contributed by atoms with E-state index in [9.17, 15) is 4.79 Å². The van der Waals surface area contributed by atoms with E-state index < -0.39 is 0 Å². The standard InChI is InChI=1S/C19H21NO3/c21-19(11-13-22-16-7-2-1-3-8-16)20-14-18-17-9-5-4-6-15(17)10-12-23-18/h1-9,18H,10-14H2,(H,20,21)/t18-/m1/s1. The molecule has 4 heteroatoms. The number of benzene rings is 2. The number of hydrogen-bond donors (Lipinski definition) is 1. The summed E-state index contributed by atoms with van der Waals surface area (Å²) < 4.78 is 11.3. The van der Waals surface area contributed by atoms with Gasteiger partial charge in [0, 0.05) is 6.54 Å². The van der Waals surface area contributed by atoms with Gasteiger partial charge in [0.1, 0.15) is 11.9 Å². The average molecular weight is 311 g/mol. The van der Waals surface area contributed by atoms with Crippen molar-refractivity contribution < 1.29 is 14.3 Å². The fourth-order valence-corrected chi connectivity index (χ4v) is 2.72. The molecule has 4 nitrogen and oxygen atoms in total. The third kappa shape index (κ3) is 4.33. The van der Waals surface area contributed by atoms with Gasteiger partial charge >= 0.3 is 0 Å². The molecule has 2 aromatic rings. The van der Waals surface area contributed by atoms with Crippen LogP contribution in [0.4, 0.5) is 0 Å². The summed E-state index contributed by atoms with van der Waals surface area (Å²) in [5, 5.41) is 2.94. The lowest BCUT2D eigenvalue weighted by Crippen LogP contribution is -2.32. The first-order valence-corrected chi connectivity index (χ1v) is 7.97. The van der Waals surface area contributed by atoms with E-state index in [4.69, 9.17) is 9.47 Å². The monoisotopic (exact) mass is 311 g/mol. The Morgan fingerprint density at radius 2 is 1.91 bits per heavy atom. The van der Waals surface area contributed by atoms with Crippen molar-refractivity contribution in [1.29, 1.82) is 0 Å². The van der Waals surface area contributed by atoms with Crippen LogP contribution in [0.2, 0.25) is 0 Å². The van der Waals surface area contributed by atoms with Crippen LogP contribution in [-0.4, -0.2) is 25.7 Å². The van der Waals surface area contributed by atoms with Gasteiger partial charge in [0.05, 0.1) is 19.6 Å². The van der Waals surface area contributed by atoms with Gasteiger partial charge in [0.2, 0.25) is 5.91 Å². The summed E-state index contributed by atoms with van der Waals surface area (Å²) in [6, 6.07) is 17.8. The SMILES string of the molecule is O=C(CCOc1ccccc1)NC[C@H]1OCCc2ccccc21. The van der Waals surface area contributed by atoms with Crippen LogP contribution in [0.25, 0.3) is 0 Å². The molecule has 1 aliphatic heterocycles. The molecule has 0 aromatic heterocycles. The molecule has 3 rings (SSSR count). The predicted molar refractivity (Wildman–Crippen MR) is 88.4 cm³/mol. The van der Waals surface area contributed by atoms with Crippen LogP contribution >= 0.6 is 0 Å². The minimum atomic E-state index is -0.0565. The summed E-state index contributed by atoms with van der Waals surface area (Å²) in [6.07, 6.45) is 1.22. The van der Waals surface area contributed by atoms with Crippen molar-refractivity contribution in [2.24, 2.45) is 0 Å². The normalized spacial score (nSPS) is 16.4. The molecule has 23 heavy (non-hydrogen) atoms. The number of para-hydroxylation sites is 1. The number of nitrogens with one attached hydrogen (secondary N) is 1. The van der Waals surface area contributed by atoms with Crippen molar-refractivity contribution in [3.63, 3.8) is 0 Å². The van der Waals surface area contributed by atoms with Crippen molar-refractivity contribution in [3.05, 3.63) is 65.7 Å². The van der Waals surface area contributed by atoms with Crippen LogP contribution in [0.5, 0.6) is 5.75 Å². The molecule has 1 amide bonds. The number of hydrogen-bond acceptors (Lipinski definition) is 3. The maximum absolute atomic E-state index is 11.9. The lowest BCUT2D eigenvalue weighted by Gasteiger charge is -2.26. The fourth-order valence-electron chi connectivity index (χ4n) is 2.72. The van der Waals surface area contributed by atoms with Crippen molar-refractivity contribution in [2.45, 2.75) is 18.9 Å². The molecule has 0 aliphatic carbocycles. The lowest BCUT2D eigenvalue weighted by molar-refractivity contribution is -0.122. The molecule has 1 heterocycles. The molecule has 0 radical (unpaired) electrons. The average Bonchev–Trinajstić information content (AvgIpc) is 2.61. The largest absolute Gasteiger partial charge is 0.493 e. The minimum absolute atomic E-state index is 0.0208. The van der Waals surface area contributed by atoms with E-state index in [1.54, 1.807) is 0 Å². The quantitative estimate of drug-likeness (QED) is 0.892. The summed E-state index contributed by atoms with van der Waals surface area (Å²) >= 11 is 0. The van der Waals surface area contributed by atoms with Crippen LogP contribution in [0.15, 0.2) is 54.6 Å². The highest BCUT2D eigenvalue weighted by Crippen LogP contribution is 2.26. The summed E-state index contributed by atoms with van der Waals surface area (Å²) in [5.41, 5.74) is 2.49. The topological polar surface area (TPSA) is 47.6 Å². The number of ether oxygens (including phenoxy) is 2. The Kier molecular flexibility index (Phi) is 5.27. The summed E-state index contributed by atoms with van der Waals surface area (Å²) in [5.74, 6) is 0.762. The zero-order valence-corrected chi connectivity index (χ0v) is 13.0. The van der Waals surface area contributed by atoms with E-state index >= 15 is 0 Å². The van der Waals surface area contributed by atoms with Gasteiger partial charge < -0.3 is 14.8 Å². The Morgan fingerprint density at radius 3 is 2.78 bits per heavy atom. The Labute approximate surface area is 136 Å². The second-order valence-electron chi connectivity index (χ2n) is 5.52. The molecule has 1 aliphatic rings. The first-order valence-electron chi connectivity index (χ1n) is 7.97. The van der Waals surface area contributed by atoms with Crippen LogP contribution in [0, 0.1) is 0 Å². The van der Waals surface area contributed by atoms with Gasteiger partial charge in [-0.15, -0.1) is 0 Å². The molecule has 0 saturated heterocycles. The summed E-state index contributed by atoms with van der Waals surface area (Å²) in [7, 11) is 0. The Balaban J connectivity index is 1.43. The van der Waals surface area contributed by atoms with E-state index in [2.05, 4.69) is 17.4 Å². The van der Waals surface area contributed by atoms with Crippen LogP contribution in [0.1, 0.15) is 23.7 Å². The number of rotatable bonds is 6. The first kappa shape index (κ1) is 15.6. The lowest BCUT2D eigenvalue weighted by atomic mass is 9.97. The predicted octanol–water partition coefficient (Wildman–Crippen LogP) is 2.89. The highest BCUT2D eigenvalue weighted by atomic mass is 16.5. The fraction of sp³-hybridized carbons (Fsp3) is 0.316. The Morgan fingerprint density at radius 1 is 1.13 bits per heavy atom. The molecule has 120 valence electrons.